The molecule has 0 aliphatic carbocycles. The number of anilines is 1. The molecule has 0 fully saturated rings. The highest BCUT2D eigenvalue weighted by Gasteiger charge is 2.37. The Hall–Kier alpha value is -2.86. The molecule has 3 aromatic carbocycles. The number of hydrogen-bond acceptors (Lipinski definition) is 4. The first-order valence-corrected chi connectivity index (χ1v) is 9.79. The van der Waals surface area contributed by atoms with Crippen LogP contribution in [0.1, 0.15) is 12.5 Å². The molecule has 0 unspecified atom stereocenters. The zero-order valence-corrected chi connectivity index (χ0v) is 15.0. The van der Waals surface area contributed by atoms with Gasteiger partial charge in [0.15, 0.2) is 0 Å². The first kappa shape index (κ1) is 16.6. The molecule has 5 nitrogen and oxygen atoms in total. The smallest absolute Gasteiger partial charge is 0.332 e. The van der Waals surface area contributed by atoms with Gasteiger partial charge in [0.25, 0.3) is 10.0 Å². The lowest BCUT2D eigenvalue weighted by Crippen LogP contribution is -2.34. The largest absolute Gasteiger partial charge is 0.425 e. The van der Waals surface area contributed by atoms with Gasteiger partial charge in [-0.1, -0.05) is 43.3 Å². The molecular weight excluding hydrogens is 350 g/mol. The van der Waals surface area contributed by atoms with Crippen LogP contribution in [0.15, 0.2) is 65.6 Å². The van der Waals surface area contributed by atoms with Crippen LogP contribution < -0.4 is 9.04 Å². The van der Waals surface area contributed by atoms with Crippen LogP contribution in [-0.4, -0.2) is 20.9 Å². The van der Waals surface area contributed by atoms with E-state index in [1.54, 1.807) is 36.4 Å². The van der Waals surface area contributed by atoms with E-state index in [2.05, 4.69) is 0 Å². The monoisotopic (exact) mass is 367 g/mol. The second kappa shape index (κ2) is 6.14. The third kappa shape index (κ3) is 2.63. The number of aryl methyl sites for hydroxylation is 1. The van der Waals surface area contributed by atoms with Gasteiger partial charge < -0.3 is 4.74 Å². The summed E-state index contributed by atoms with van der Waals surface area (Å²) in [7, 11) is -3.76. The number of benzene rings is 3. The van der Waals surface area contributed by atoms with Crippen LogP contribution in [0.2, 0.25) is 0 Å². The summed E-state index contributed by atoms with van der Waals surface area (Å²) in [4.78, 5) is 12.6. The summed E-state index contributed by atoms with van der Waals surface area (Å²) in [6, 6.07) is 17.7. The van der Waals surface area contributed by atoms with Gasteiger partial charge in [-0.15, -0.1) is 0 Å². The van der Waals surface area contributed by atoms with Crippen molar-refractivity contribution in [2.75, 3.05) is 10.8 Å². The zero-order valence-electron chi connectivity index (χ0n) is 14.2. The zero-order chi connectivity index (χ0) is 18.3. The van der Waals surface area contributed by atoms with Crippen molar-refractivity contribution in [3.05, 3.63) is 66.2 Å². The van der Waals surface area contributed by atoms with E-state index < -0.39 is 16.0 Å². The van der Waals surface area contributed by atoms with Gasteiger partial charge in [-0.25, -0.2) is 13.2 Å². The van der Waals surface area contributed by atoms with E-state index >= 15 is 0 Å². The minimum Gasteiger partial charge on any atom is -0.425 e. The summed E-state index contributed by atoms with van der Waals surface area (Å²) in [6.45, 7) is 1.67. The molecule has 0 saturated heterocycles. The SMILES string of the molecule is CCc1ccc(OC(=O)CN2c3cccc4cccc(c34)S2(=O)=O)cc1. The number of esters is 1. The van der Waals surface area contributed by atoms with Gasteiger partial charge in [0, 0.05) is 5.39 Å². The first-order valence-electron chi connectivity index (χ1n) is 8.35. The molecule has 0 bridgehead atoms. The van der Waals surface area contributed by atoms with Crippen molar-refractivity contribution in [1.29, 1.82) is 0 Å². The van der Waals surface area contributed by atoms with E-state index in [0.717, 1.165) is 21.7 Å². The maximum Gasteiger partial charge on any atom is 0.332 e. The molecule has 132 valence electrons. The molecule has 4 rings (SSSR count). The summed E-state index contributed by atoms with van der Waals surface area (Å²) in [5, 5.41) is 1.48. The molecule has 3 aromatic rings. The van der Waals surface area contributed by atoms with Gasteiger partial charge in [-0.3, -0.25) is 4.31 Å². The molecule has 0 amide bonds. The van der Waals surface area contributed by atoms with Gasteiger partial charge in [0.2, 0.25) is 0 Å². The molecule has 26 heavy (non-hydrogen) atoms. The van der Waals surface area contributed by atoms with Crippen molar-refractivity contribution in [2.24, 2.45) is 0 Å². The van der Waals surface area contributed by atoms with Crippen molar-refractivity contribution >= 4 is 32.5 Å². The van der Waals surface area contributed by atoms with Gasteiger partial charge in [-0.2, -0.15) is 0 Å². The fraction of sp³-hybridized carbons (Fsp3) is 0.150. The Balaban J connectivity index is 1.62. The van der Waals surface area contributed by atoms with E-state index in [9.17, 15) is 13.2 Å². The minimum atomic E-state index is -3.76. The number of sulfonamides is 1. The van der Waals surface area contributed by atoms with Crippen molar-refractivity contribution < 1.29 is 17.9 Å². The molecule has 6 heteroatoms. The molecule has 0 N–H and O–H groups in total. The van der Waals surface area contributed by atoms with Crippen molar-refractivity contribution in [3.8, 4) is 5.75 Å². The van der Waals surface area contributed by atoms with Crippen LogP contribution in [-0.2, 0) is 21.2 Å². The van der Waals surface area contributed by atoms with E-state index in [-0.39, 0.29) is 11.4 Å². The molecular formula is C20H17NO4S. The van der Waals surface area contributed by atoms with Crippen molar-refractivity contribution in [3.63, 3.8) is 0 Å². The highest BCUT2D eigenvalue weighted by atomic mass is 32.2. The molecule has 1 heterocycles. The van der Waals surface area contributed by atoms with Crippen molar-refractivity contribution in [1.82, 2.24) is 0 Å². The number of rotatable bonds is 4. The standard InChI is InChI=1S/C20H17NO4S/c1-2-14-9-11-16(12-10-14)25-19(22)13-21-17-7-3-5-15-6-4-8-18(20(15)17)26(21,23)24/h3-12H,2,13H2,1H3. The van der Waals surface area contributed by atoms with E-state index in [0.29, 0.717) is 16.8 Å². The highest BCUT2D eigenvalue weighted by Crippen LogP contribution is 2.41. The summed E-state index contributed by atoms with van der Waals surface area (Å²) in [5.74, 6) is -0.220. The average Bonchev–Trinajstić information content (AvgIpc) is 2.86. The first-order chi connectivity index (χ1) is 12.5. The van der Waals surface area contributed by atoms with Crippen LogP contribution in [0.25, 0.3) is 10.8 Å². The van der Waals surface area contributed by atoms with Gasteiger partial charge >= 0.3 is 5.97 Å². The van der Waals surface area contributed by atoms with E-state index in [1.807, 2.05) is 31.2 Å². The molecule has 0 spiro atoms. The summed E-state index contributed by atoms with van der Waals surface area (Å²) >= 11 is 0. The fourth-order valence-corrected chi connectivity index (χ4v) is 4.86. The lowest BCUT2D eigenvalue weighted by molar-refractivity contribution is -0.132. The molecule has 1 aliphatic rings. The van der Waals surface area contributed by atoms with Crippen LogP contribution in [0.3, 0.4) is 0 Å². The molecule has 0 atom stereocenters. The number of carbonyl (C=O) groups is 1. The predicted octanol–water partition coefficient (Wildman–Crippen LogP) is 3.52. The summed E-state index contributed by atoms with van der Waals surface area (Å²) < 4.78 is 32.1. The van der Waals surface area contributed by atoms with Gasteiger partial charge in [0.05, 0.1) is 10.6 Å². The molecule has 1 aliphatic heterocycles. The Morgan fingerprint density at radius 1 is 1.00 bits per heavy atom. The Morgan fingerprint density at radius 3 is 2.38 bits per heavy atom. The average molecular weight is 367 g/mol. The second-order valence-electron chi connectivity index (χ2n) is 6.11. The maximum absolute atomic E-state index is 12.9. The van der Waals surface area contributed by atoms with Crippen LogP contribution in [0.5, 0.6) is 5.75 Å². The summed E-state index contributed by atoms with van der Waals surface area (Å²) in [6.07, 6.45) is 0.891. The third-order valence-electron chi connectivity index (χ3n) is 4.52. The van der Waals surface area contributed by atoms with Crippen LogP contribution >= 0.6 is 0 Å². The number of nitrogens with zero attached hydrogens (tertiary/aromatic N) is 1. The maximum atomic E-state index is 12.9. The lowest BCUT2D eigenvalue weighted by atomic mass is 10.1. The minimum absolute atomic E-state index is 0.227. The lowest BCUT2D eigenvalue weighted by Gasteiger charge is -2.17. The van der Waals surface area contributed by atoms with Crippen molar-refractivity contribution in [2.45, 2.75) is 18.2 Å². The quantitative estimate of drug-likeness (QED) is 0.523. The molecule has 0 saturated carbocycles. The molecule has 0 aromatic heterocycles. The van der Waals surface area contributed by atoms with Crippen LogP contribution in [0.4, 0.5) is 5.69 Å². The highest BCUT2D eigenvalue weighted by molar-refractivity contribution is 7.93. The van der Waals surface area contributed by atoms with E-state index in [1.165, 1.54) is 0 Å². The second-order valence-corrected chi connectivity index (χ2v) is 7.95. The van der Waals surface area contributed by atoms with Crippen LogP contribution in [0, 0.1) is 0 Å². The molecule has 0 radical (unpaired) electrons. The number of carbonyl (C=O) groups excluding carboxylic acids is 1. The van der Waals surface area contributed by atoms with Gasteiger partial charge in [-0.05, 0) is 41.6 Å². The Morgan fingerprint density at radius 2 is 1.69 bits per heavy atom. The third-order valence-corrected chi connectivity index (χ3v) is 6.32. The van der Waals surface area contributed by atoms with E-state index in [4.69, 9.17) is 4.74 Å². The number of hydrogen-bond donors (Lipinski definition) is 0. The predicted molar refractivity (Wildman–Crippen MR) is 99.9 cm³/mol. The Labute approximate surface area is 151 Å². The summed E-state index contributed by atoms with van der Waals surface area (Å²) in [5.41, 5.74) is 1.64. The van der Waals surface area contributed by atoms with Gasteiger partial charge in [0.1, 0.15) is 12.3 Å². The fourth-order valence-electron chi connectivity index (χ4n) is 3.20. The Bertz CT molecular complexity index is 1100. The number of ether oxygens (including phenoxy) is 1. The normalized spacial score (nSPS) is 14.6. The topological polar surface area (TPSA) is 63.7 Å². The Kier molecular flexibility index (Phi) is 3.92.